The van der Waals surface area contributed by atoms with Gasteiger partial charge in [-0.25, -0.2) is 0 Å². The van der Waals surface area contributed by atoms with E-state index in [1.165, 1.54) is 0 Å². The Kier molecular flexibility index (Phi) is 5.76. The third-order valence-corrected chi connectivity index (χ3v) is 5.25. The summed E-state index contributed by atoms with van der Waals surface area (Å²) >= 11 is 12.0. The number of rotatable bonds is 6. The molecule has 1 aliphatic carbocycles. The quantitative estimate of drug-likeness (QED) is 0.851. The Morgan fingerprint density at radius 1 is 1.36 bits per heavy atom. The van der Waals surface area contributed by atoms with Crippen molar-refractivity contribution in [2.45, 2.75) is 38.6 Å². The van der Waals surface area contributed by atoms with E-state index >= 15 is 0 Å². The molecule has 122 valence electrons. The molecule has 3 nitrogen and oxygen atoms in total. The molecule has 5 heteroatoms. The van der Waals surface area contributed by atoms with Gasteiger partial charge in [-0.1, -0.05) is 43.1 Å². The van der Waals surface area contributed by atoms with Crippen LogP contribution in [0.25, 0.3) is 0 Å². The van der Waals surface area contributed by atoms with Gasteiger partial charge in [0.1, 0.15) is 0 Å². The highest BCUT2D eigenvalue weighted by atomic mass is 35.5. The van der Waals surface area contributed by atoms with E-state index in [-0.39, 0.29) is 23.8 Å². The summed E-state index contributed by atoms with van der Waals surface area (Å²) in [5.74, 6) is 0.974. The summed E-state index contributed by atoms with van der Waals surface area (Å²) in [5, 5.41) is 1.10. The smallest absolute Gasteiger partial charge is 0.226 e. The molecule has 0 aromatic heterocycles. The van der Waals surface area contributed by atoms with Crippen molar-refractivity contribution in [3.05, 3.63) is 33.8 Å². The van der Waals surface area contributed by atoms with Crippen molar-refractivity contribution in [3.8, 4) is 0 Å². The zero-order valence-electron chi connectivity index (χ0n) is 13.4. The molecule has 1 aromatic carbocycles. The minimum Gasteiger partial charge on any atom is -0.345 e. The zero-order valence-corrected chi connectivity index (χ0v) is 14.9. The third-order valence-electron chi connectivity index (χ3n) is 4.51. The summed E-state index contributed by atoms with van der Waals surface area (Å²) in [5.41, 5.74) is 7.14. The number of carbonyl (C=O) groups excluding carboxylic acids is 1. The largest absolute Gasteiger partial charge is 0.345 e. The Hall–Kier alpha value is -0.770. The van der Waals surface area contributed by atoms with Crippen molar-refractivity contribution in [3.63, 3.8) is 0 Å². The van der Waals surface area contributed by atoms with Gasteiger partial charge in [-0.15, -0.1) is 0 Å². The van der Waals surface area contributed by atoms with E-state index in [4.69, 9.17) is 28.9 Å². The average molecular weight is 343 g/mol. The van der Waals surface area contributed by atoms with Gasteiger partial charge in [0.2, 0.25) is 5.91 Å². The van der Waals surface area contributed by atoms with Crippen LogP contribution in [0.15, 0.2) is 18.2 Å². The number of nitrogens with zero attached hydrogens (tertiary/aromatic N) is 1. The topological polar surface area (TPSA) is 46.3 Å². The Labute approximate surface area is 142 Å². The Balaban J connectivity index is 1.88. The maximum absolute atomic E-state index is 12.4. The summed E-state index contributed by atoms with van der Waals surface area (Å²) in [6.45, 7) is 4.92. The van der Waals surface area contributed by atoms with Crippen LogP contribution in [0.1, 0.15) is 38.2 Å². The van der Waals surface area contributed by atoms with Crippen molar-refractivity contribution in [2.75, 3.05) is 13.6 Å². The van der Waals surface area contributed by atoms with Crippen LogP contribution in [-0.2, 0) is 4.79 Å². The van der Waals surface area contributed by atoms with Crippen LogP contribution in [0.5, 0.6) is 0 Å². The van der Waals surface area contributed by atoms with E-state index < -0.39 is 0 Å². The number of amides is 1. The van der Waals surface area contributed by atoms with E-state index in [2.05, 4.69) is 13.8 Å². The fraction of sp³-hybridized carbons (Fsp3) is 0.588. The number of hydrogen-bond donors (Lipinski definition) is 1. The first-order valence-corrected chi connectivity index (χ1v) is 8.52. The maximum Gasteiger partial charge on any atom is 0.226 e. The SMILES string of the molecule is CC(C)C(N)CCN(C)C(=O)C1CC1c1ccc(Cl)c(Cl)c1. The van der Waals surface area contributed by atoms with Gasteiger partial charge in [-0.3, -0.25) is 4.79 Å². The molecule has 22 heavy (non-hydrogen) atoms. The number of hydrogen-bond acceptors (Lipinski definition) is 2. The predicted octanol–water partition coefficient (Wildman–Crippen LogP) is 3.93. The minimum atomic E-state index is 0.0671. The second kappa shape index (κ2) is 7.20. The van der Waals surface area contributed by atoms with Crippen molar-refractivity contribution >= 4 is 29.1 Å². The summed E-state index contributed by atoms with van der Waals surface area (Å²) in [6, 6.07) is 5.77. The van der Waals surface area contributed by atoms with Crippen molar-refractivity contribution in [1.29, 1.82) is 0 Å². The Morgan fingerprint density at radius 3 is 2.64 bits per heavy atom. The van der Waals surface area contributed by atoms with E-state index in [0.717, 1.165) is 18.4 Å². The normalized spacial score (nSPS) is 21.8. The molecule has 3 unspecified atom stereocenters. The first kappa shape index (κ1) is 17.6. The number of nitrogens with two attached hydrogens (primary N) is 1. The van der Waals surface area contributed by atoms with Gasteiger partial charge >= 0.3 is 0 Å². The average Bonchev–Trinajstić information content (AvgIpc) is 3.26. The van der Waals surface area contributed by atoms with E-state index in [1.807, 2.05) is 24.1 Å². The number of benzene rings is 1. The van der Waals surface area contributed by atoms with E-state index in [1.54, 1.807) is 6.07 Å². The second-order valence-corrected chi connectivity index (χ2v) is 7.39. The predicted molar refractivity (Wildman–Crippen MR) is 92.4 cm³/mol. The minimum absolute atomic E-state index is 0.0671. The lowest BCUT2D eigenvalue weighted by Crippen LogP contribution is -2.35. The van der Waals surface area contributed by atoms with Gasteiger partial charge in [0.25, 0.3) is 0 Å². The van der Waals surface area contributed by atoms with Crippen LogP contribution >= 0.6 is 23.2 Å². The third kappa shape index (κ3) is 4.15. The molecule has 1 saturated carbocycles. The Morgan fingerprint density at radius 2 is 2.05 bits per heavy atom. The number of carbonyl (C=O) groups is 1. The second-order valence-electron chi connectivity index (χ2n) is 6.58. The molecular formula is C17H24Cl2N2O. The summed E-state index contributed by atoms with van der Waals surface area (Å²) in [7, 11) is 1.86. The summed E-state index contributed by atoms with van der Waals surface area (Å²) < 4.78 is 0. The van der Waals surface area contributed by atoms with Crippen LogP contribution in [0.4, 0.5) is 0 Å². The lowest BCUT2D eigenvalue weighted by Gasteiger charge is -2.21. The maximum atomic E-state index is 12.4. The molecule has 0 heterocycles. The molecule has 0 bridgehead atoms. The monoisotopic (exact) mass is 342 g/mol. The highest BCUT2D eigenvalue weighted by Crippen LogP contribution is 2.49. The number of halogens is 2. The highest BCUT2D eigenvalue weighted by Gasteiger charge is 2.45. The molecule has 1 aromatic rings. The molecule has 0 radical (unpaired) electrons. The van der Waals surface area contributed by atoms with Crippen LogP contribution in [0.3, 0.4) is 0 Å². The lowest BCUT2D eigenvalue weighted by molar-refractivity contribution is -0.131. The van der Waals surface area contributed by atoms with Crippen molar-refractivity contribution in [2.24, 2.45) is 17.6 Å². The molecule has 3 atom stereocenters. The van der Waals surface area contributed by atoms with Crippen LogP contribution in [0, 0.1) is 11.8 Å². The standard InChI is InChI=1S/C17H24Cl2N2O/c1-10(2)16(20)6-7-21(3)17(22)13-9-12(13)11-4-5-14(18)15(19)8-11/h4-5,8,10,12-13,16H,6-7,9,20H2,1-3H3. The van der Waals surface area contributed by atoms with E-state index in [9.17, 15) is 4.79 Å². The fourth-order valence-corrected chi connectivity index (χ4v) is 2.96. The van der Waals surface area contributed by atoms with Crippen LogP contribution < -0.4 is 5.73 Å². The molecule has 1 aliphatic rings. The molecule has 0 saturated heterocycles. The van der Waals surface area contributed by atoms with Gasteiger partial charge in [-0.05, 0) is 42.4 Å². The highest BCUT2D eigenvalue weighted by molar-refractivity contribution is 6.42. The summed E-state index contributed by atoms with van der Waals surface area (Å²) in [4.78, 5) is 14.3. The molecule has 2 N–H and O–H groups in total. The van der Waals surface area contributed by atoms with Crippen LogP contribution in [0.2, 0.25) is 10.0 Å². The molecule has 1 fully saturated rings. The first-order chi connectivity index (χ1) is 10.3. The first-order valence-electron chi connectivity index (χ1n) is 7.76. The van der Waals surface area contributed by atoms with Crippen LogP contribution in [-0.4, -0.2) is 30.4 Å². The van der Waals surface area contributed by atoms with Gasteiger partial charge in [0.15, 0.2) is 0 Å². The van der Waals surface area contributed by atoms with E-state index in [0.29, 0.717) is 22.5 Å². The van der Waals surface area contributed by atoms with Crippen molar-refractivity contribution in [1.82, 2.24) is 4.90 Å². The molecular weight excluding hydrogens is 319 g/mol. The molecule has 2 rings (SSSR count). The van der Waals surface area contributed by atoms with Gasteiger partial charge < -0.3 is 10.6 Å². The Bertz CT molecular complexity index is 547. The van der Waals surface area contributed by atoms with Gasteiger partial charge in [0.05, 0.1) is 10.0 Å². The van der Waals surface area contributed by atoms with Crippen molar-refractivity contribution < 1.29 is 4.79 Å². The fourth-order valence-electron chi connectivity index (χ4n) is 2.65. The molecule has 0 aliphatic heterocycles. The zero-order chi connectivity index (χ0) is 16.4. The molecule has 1 amide bonds. The summed E-state index contributed by atoms with van der Waals surface area (Å²) in [6.07, 6.45) is 1.72. The lowest BCUT2D eigenvalue weighted by atomic mass is 10.0. The van der Waals surface area contributed by atoms with Gasteiger partial charge in [-0.2, -0.15) is 0 Å². The van der Waals surface area contributed by atoms with Gasteiger partial charge in [0, 0.05) is 25.6 Å². The molecule has 0 spiro atoms.